The normalized spacial score (nSPS) is 14.0. The van der Waals surface area contributed by atoms with Crippen molar-refractivity contribution in [2.24, 2.45) is 0 Å². The maximum atomic E-state index is 2.91. The SMILES string of the molecule is CC(C)N([SiH2]CC[SiH3])[SiH2]CC[SiH3]. The molecule has 0 saturated heterocycles. The number of hydrogen-bond donors (Lipinski definition) is 0. The summed E-state index contributed by atoms with van der Waals surface area (Å²) in [5, 5.41) is 0. The molecule has 0 aliphatic carbocycles. The average Bonchev–Trinajstić information content (AvgIpc) is 2.04. The summed E-state index contributed by atoms with van der Waals surface area (Å²) in [5.41, 5.74) is 0. The molecule has 0 aromatic rings. The zero-order valence-electron chi connectivity index (χ0n) is 9.27. The molecular weight excluding hydrogens is 210 g/mol. The van der Waals surface area contributed by atoms with Gasteiger partial charge in [-0.15, -0.1) is 0 Å². The first-order valence-corrected chi connectivity index (χ1v) is 11.6. The predicted octanol–water partition coefficient (Wildman–Crippen LogP) is -1.73. The van der Waals surface area contributed by atoms with E-state index in [4.69, 9.17) is 0 Å². The van der Waals surface area contributed by atoms with E-state index in [1.807, 2.05) is 0 Å². The fraction of sp³-hybridized carbons (Fsp3) is 1.00. The zero-order valence-corrected chi connectivity index (χ0v) is 16.1. The van der Waals surface area contributed by atoms with Gasteiger partial charge in [0.15, 0.2) is 0 Å². The van der Waals surface area contributed by atoms with Crippen LogP contribution < -0.4 is 0 Å². The molecule has 0 aliphatic rings. The molecule has 0 bridgehead atoms. The van der Waals surface area contributed by atoms with Gasteiger partial charge in [-0.1, -0.05) is 38.0 Å². The van der Waals surface area contributed by atoms with Gasteiger partial charge in [0.05, 0.1) is 19.4 Å². The second kappa shape index (κ2) is 8.43. The second-order valence-electron chi connectivity index (χ2n) is 3.84. The van der Waals surface area contributed by atoms with E-state index in [9.17, 15) is 0 Å². The molecule has 0 unspecified atom stereocenters. The van der Waals surface area contributed by atoms with Crippen LogP contribution in [0.25, 0.3) is 0 Å². The first-order valence-electron chi connectivity index (χ1n) is 5.46. The smallest absolute Gasteiger partial charge is 0.0870 e. The third-order valence-corrected chi connectivity index (χ3v) is 13.1. The van der Waals surface area contributed by atoms with Crippen LogP contribution in [0.1, 0.15) is 13.8 Å². The Morgan fingerprint density at radius 2 is 1.50 bits per heavy atom. The Kier molecular flexibility index (Phi) is 9.01. The average molecular weight is 236 g/mol. The van der Waals surface area contributed by atoms with Crippen LogP contribution in [0, 0.1) is 0 Å². The lowest BCUT2D eigenvalue weighted by Crippen LogP contribution is -2.37. The standard InChI is InChI=1S/C7H25NSi4/c1-7(2)8(11-5-3-9)12-6-4-10/h7H,3-6,11-12H2,1-2,9-10H3. The summed E-state index contributed by atoms with van der Waals surface area (Å²) in [6, 6.07) is 7.16. The third kappa shape index (κ3) is 6.36. The van der Waals surface area contributed by atoms with Crippen molar-refractivity contribution in [2.75, 3.05) is 0 Å². The number of nitrogens with zero attached hydrogens (tertiary/aromatic N) is 1. The molecule has 0 atom stereocenters. The molecule has 0 radical (unpaired) electrons. The van der Waals surface area contributed by atoms with Gasteiger partial charge in [0, 0.05) is 20.5 Å². The first kappa shape index (κ1) is 12.8. The maximum Gasteiger partial charge on any atom is 0.0870 e. The lowest BCUT2D eigenvalue weighted by atomic mass is 10.4. The summed E-state index contributed by atoms with van der Waals surface area (Å²) in [6.45, 7) is 4.78. The minimum Gasteiger partial charge on any atom is -0.353 e. The van der Waals surface area contributed by atoms with E-state index in [0.29, 0.717) is 0 Å². The highest BCUT2D eigenvalue weighted by atomic mass is 28.3. The van der Waals surface area contributed by atoms with E-state index in [-0.39, 0.29) is 19.4 Å². The second-order valence-corrected chi connectivity index (χ2v) is 10.7. The molecule has 5 heteroatoms. The van der Waals surface area contributed by atoms with Crippen molar-refractivity contribution in [3.05, 3.63) is 0 Å². The monoisotopic (exact) mass is 235 g/mol. The lowest BCUT2D eigenvalue weighted by molar-refractivity contribution is 0.546. The Morgan fingerprint density at radius 1 is 1.08 bits per heavy atom. The van der Waals surface area contributed by atoms with Crippen LogP contribution in [0.15, 0.2) is 0 Å². The zero-order chi connectivity index (χ0) is 9.40. The summed E-state index contributed by atoms with van der Waals surface area (Å²) in [5.74, 6) is 0. The molecule has 0 heterocycles. The highest BCUT2D eigenvalue weighted by Gasteiger charge is 2.07. The Balaban J connectivity index is 3.55. The Hall–Kier alpha value is 0.828. The van der Waals surface area contributed by atoms with E-state index in [1.54, 1.807) is 24.2 Å². The third-order valence-electron chi connectivity index (χ3n) is 2.33. The van der Waals surface area contributed by atoms with Crippen molar-refractivity contribution in [1.82, 2.24) is 4.23 Å². The van der Waals surface area contributed by atoms with Crippen molar-refractivity contribution in [3.8, 4) is 0 Å². The highest BCUT2D eigenvalue weighted by Crippen LogP contribution is 2.00. The Bertz CT molecular complexity index is 91.4. The summed E-state index contributed by atoms with van der Waals surface area (Å²) >= 11 is 0. The van der Waals surface area contributed by atoms with E-state index >= 15 is 0 Å². The van der Waals surface area contributed by atoms with Crippen molar-refractivity contribution >= 4 is 39.8 Å². The first-order chi connectivity index (χ1) is 5.72. The molecule has 0 spiro atoms. The van der Waals surface area contributed by atoms with Gasteiger partial charge in [0.1, 0.15) is 0 Å². The Morgan fingerprint density at radius 3 is 1.75 bits per heavy atom. The van der Waals surface area contributed by atoms with Crippen molar-refractivity contribution in [1.29, 1.82) is 0 Å². The molecule has 12 heavy (non-hydrogen) atoms. The fourth-order valence-corrected chi connectivity index (χ4v) is 7.96. The van der Waals surface area contributed by atoms with E-state index < -0.39 is 0 Å². The van der Waals surface area contributed by atoms with Gasteiger partial charge in [-0.3, -0.25) is 0 Å². The van der Waals surface area contributed by atoms with Crippen LogP contribution in [0.3, 0.4) is 0 Å². The molecule has 0 rings (SSSR count). The minimum absolute atomic E-state index is 0.203. The van der Waals surface area contributed by atoms with Crippen molar-refractivity contribution in [3.63, 3.8) is 0 Å². The topological polar surface area (TPSA) is 3.24 Å². The molecule has 0 aromatic carbocycles. The van der Waals surface area contributed by atoms with Gasteiger partial charge in [-0.05, 0) is 6.04 Å². The molecule has 74 valence electrons. The molecule has 0 saturated carbocycles. The molecular formula is C7H25NSi4. The summed E-state index contributed by atoms with van der Waals surface area (Å²) in [6.07, 6.45) is 0. The minimum atomic E-state index is 0.203. The highest BCUT2D eigenvalue weighted by molar-refractivity contribution is 6.51. The van der Waals surface area contributed by atoms with Crippen LogP contribution in [0.2, 0.25) is 24.2 Å². The van der Waals surface area contributed by atoms with Gasteiger partial charge < -0.3 is 4.23 Å². The molecule has 0 aliphatic heterocycles. The van der Waals surface area contributed by atoms with Gasteiger partial charge in [0.25, 0.3) is 0 Å². The molecule has 0 amide bonds. The van der Waals surface area contributed by atoms with Crippen LogP contribution >= 0.6 is 0 Å². The number of hydrogen-bond acceptors (Lipinski definition) is 1. The van der Waals surface area contributed by atoms with Crippen LogP contribution in [-0.4, -0.2) is 50.1 Å². The van der Waals surface area contributed by atoms with Crippen LogP contribution in [0.4, 0.5) is 0 Å². The quantitative estimate of drug-likeness (QED) is 0.474. The van der Waals surface area contributed by atoms with Gasteiger partial charge in [-0.25, -0.2) is 0 Å². The molecule has 0 aromatic heterocycles. The van der Waals surface area contributed by atoms with Crippen molar-refractivity contribution < 1.29 is 0 Å². The molecule has 0 fully saturated rings. The summed E-state index contributed by atoms with van der Waals surface area (Å²) in [7, 11) is 3.26. The van der Waals surface area contributed by atoms with Gasteiger partial charge in [-0.2, -0.15) is 0 Å². The van der Waals surface area contributed by atoms with E-state index in [1.165, 1.54) is 20.5 Å². The van der Waals surface area contributed by atoms with E-state index in [0.717, 1.165) is 6.04 Å². The Labute approximate surface area is 88.3 Å². The van der Waals surface area contributed by atoms with Gasteiger partial charge >= 0.3 is 0 Å². The lowest BCUT2D eigenvalue weighted by Gasteiger charge is -2.25. The summed E-state index contributed by atoms with van der Waals surface area (Å²) in [4.78, 5) is 0. The maximum absolute atomic E-state index is 2.91. The van der Waals surface area contributed by atoms with Crippen LogP contribution in [-0.2, 0) is 0 Å². The molecule has 1 nitrogen and oxygen atoms in total. The summed E-state index contributed by atoms with van der Waals surface area (Å²) < 4.78 is 2.91. The van der Waals surface area contributed by atoms with Crippen molar-refractivity contribution in [2.45, 2.75) is 44.1 Å². The molecule has 0 N–H and O–H groups in total. The van der Waals surface area contributed by atoms with E-state index in [2.05, 4.69) is 18.1 Å². The predicted molar refractivity (Wildman–Crippen MR) is 73.2 cm³/mol. The van der Waals surface area contributed by atoms with Gasteiger partial charge in [0.2, 0.25) is 0 Å². The fourth-order valence-electron chi connectivity index (χ4n) is 1.35. The largest absolute Gasteiger partial charge is 0.353 e. The van der Waals surface area contributed by atoms with Crippen LogP contribution in [0.5, 0.6) is 0 Å². The number of rotatable bonds is 7.